The predicted molar refractivity (Wildman–Crippen MR) is 98.7 cm³/mol. The predicted octanol–water partition coefficient (Wildman–Crippen LogP) is 3.62. The SMILES string of the molecule is Cc1nc(CCNC(=O)Cc2nc(-c3ccccc3C)oc2C)cs1. The summed E-state index contributed by atoms with van der Waals surface area (Å²) in [6, 6.07) is 7.92. The van der Waals surface area contributed by atoms with Gasteiger partial charge in [0.15, 0.2) is 0 Å². The lowest BCUT2D eigenvalue weighted by Gasteiger charge is -2.02. The molecule has 1 aromatic carbocycles. The van der Waals surface area contributed by atoms with Crippen molar-refractivity contribution >= 4 is 17.2 Å². The Bertz CT molecular complexity index is 882. The van der Waals surface area contributed by atoms with Crippen LogP contribution in [-0.4, -0.2) is 22.4 Å². The summed E-state index contributed by atoms with van der Waals surface area (Å²) < 4.78 is 5.76. The van der Waals surface area contributed by atoms with Crippen molar-refractivity contribution in [2.45, 2.75) is 33.6 Å². The van der Waals surface area contributed by atoms with Crippen molar-refractivity contribution in [3.05, 3.63) is 57.4 Å². The molecule has 6 heteroatoms. The summed E-state index contributed by atoms with van der Waals surface area (Å²) in [7, 11) is 0. The van der Waals surface area contributed by atoms with Gasteiger partial charge in [-0.2, -0.15) is 0 Å². The molecular weight excluding hydrogens is 334 g/mol. The minimum Gasteiger partial charge on any atom is -0.441 e. The van der Waals surface area contributed by atoms with Gasteiger partial charge in [-0.15, -0.1) is 11.3 Å². The van der Waals surface area contributed by atoms with Gasteiger partial charge in [-0.3, -0.25) is 4.79 Å². The third-order valence-electron chi connectivity index (χ3n) is 3.97. The van der Waals surface area contributed by atoms with Crippen LogP contribution in [0.4, 0.5) is 0 Å². The topological polar surface area (TPSA) is 68.0 Å². The van der Waals surface area contributed by atoms with Crippen molar-refractivity contribution in [2.24, 2.45) is 0 Å². The molecule has 0 saturated heterocycles. The molecule has 5 nitrogen and oxygen atoms in total. The highest BCUT2D eigenvalue weighted by Crippen LogP contribution is 2.24. The number of hydrogen-bond acceptors (Lipinski definition) is 5. The van der Waals surface area contributed by atoms with E-state index in [1.807, 2.05) is 50.4 Å². The van der Waals surface area contributed by atoms with Crippen LogP contribution in [0.1, 0.15) is 27.7 Å². The Morgan fingerprint density at radius 2 is 2.00 bits per heavy atom. The van der Waals surface area contributed by atoms with Crippen molar-refractivity contribution in [2.75, 3.05) is 6.54 Å². The number of oxazole rings is 1. The van der Waals surface area contributed by atoms with Crippen LogP contribution in [0.2, 0.25) is 0 Å². The monoisotopic (exact) mass is 355 g/mol. The minimum atomic E-state index is -0.0558. The first-order valence-electron chi connectivity index (χ1n) is 8.23. The minimum absolute atomic E-state index is 0.0558. The Kier molecular flexibility index (Phi) is 5.28. The van der Waals surface area contributed by atoms with Crippen molar-refractivity contribution in [3.63, 3.8) is 0 Å². The molecule has 0 fully saturated rings. The van der Waals surface area contributed by atoms with Crippen LogP contribution in [0.25, 0.3) is 11.5 Å². The van der Waals surface area contributed by atoms with Gasteiger partial charge in [0.05, 0.1) is 22.8 Å². The lowest BCUT2D eigenvalue weighted by atomic mass is 10.1. The van der Waals surface area contributed by atoms with Gasteiger partial charge >= 0.3 is 0 Å². The summed E-state index contributed by atoms with van der Waals surface area (Å²) in [5, 5.41) is 5.99. The number of aryl methyl sites for hydroxylation is 3. The molecule has 0 spiro atoms. The maximum Gasteiger partial charge on any atom is 0.226 e. The van der Waals surface area contributed by atoms with E-state index in [1.54, 1.807) is 11.3 Å². The molecule has 0 aliphatic rings. The summed E-state index contributed by atoms with van der Waals surface area (Å²) >= 11 is 1.62. The molecule has 130 valence electrons. The van der Waals surface area contributed by atoms with Gasteiger partial charge in [0.25, 0.3) is 0 Å². The molecule has 1 N–H and O–H groups in total. The number of carbonyl (C=O) groups is 1. The van der Waals surface area contributed by atoms with E-state index >= 15 is 0 Å². The second-order valence-corrected chi connectivity index (χ2v) is 7.03. The van der Waals surface area contributed by atoms with Crippen LogP contribution in [0.5, 0.6) is 0 Å². The van der Waals surface area contributed by atoms with E-state index in [0.29, 0.717) is 23.9 Å². The maximum atomic E-state index is 12.2. The number of rotatable bonds is 6. The number of benzene rings is 1. The van der Waals surface area contributed by atoms with E-state index < -0.39 is 0 Å². The fourth-order valence-electron chi connectivity index (χ4n) is 2.59. The maximum absolute atomic E-state index is 12.2. The van der Waals surface area contributed by atoms with Crippen LogP contribution < -0.4 is 5.32 Å². The normalized spacial score (nSPS) is 10.8. The Hall–Kier alpha value is -2.47. The highest BCUT2D eigenvalue weighted by Gasteiger charge is 2.15. The van der Waals surface area contributed by atoms with E-state index in [1.165, 1.54) is 0 Å². The molecule has 0 atom stereocenters. The number of aromatic nitrogens is 2. The number of nitrogens with one attached hydrogen (secondary N) is 1. The molecule has 0 aliphatic carbocycles. The number of amides is 1. The van der Waals surface area contributed by atoms with Crippen molar-refractivity contribution < 1.29 is 9.21 Å². The molecule has 3 aromatic rings. The van der Waals surface area contributed by atoms with Crippen LogP contribution in [0.15, 0.2) is 34.1 Å². The molecule has 25 heavy (non-hydrogen) atoms. The Morgan fingerprint density at radius 3 is 2.72 bits per heavy atom. The Balaban J connectivity index is 1.59. The molecule has 2 heterocycles. The summed E-state index contributed by atoms with van der Waals surface area (Å²) in [5.74, 6) is 1.19. The second kappa shape index (κ2) is 7.61. The Morgan fingerprint density at radius 1 is 1.20 bits per heavy atom. The zero-order valence-corrected chi connectivity index (χ0v) is 15.4. The Labute approximate surface area is 151 Å². The smallest absolute Gasteiger partial charge is 0.226 e. The van der Waals surface area contributed by atoms with Gasteiger partial charge in [-0.1, -0.05) is 18.2 Å². The number of hydrogen-bond donors (Lipinski definition) is 1. The zero-order chi connectivity index (χ0) is 17.8. The van der Waals surface area contributed by atoms with E-state index in [9.17, 15) is 4.79 Å². The first-order chi connectivity index (χ1) is 12.0. The van der Waals surface area contributed by atoms with Crippen LogP contribution in [0.3, 0.4) is 0 Å². The zero-order valence-electron chi connectivity index (χ0n) is 14.6. The quantitative estimate of drug-likeness (QED) is 0.733. The third-order valence-corrected chi connectivity index (χ3v) is 4.79. The molecule has 0 bridgehead atoms. The van der Waals surface area contributed by atoms with Gasteiger partial charge in [-0.05, 0) is 32.4 Å². The molecule has 0 aliphatic heterocycles. The first kappa shape index (κ1) is 17.4. The third kappa shape index (κ3) is 4.33. The lowest BCUT2D eigenvalue weighted by molar-refractivity contribution is -0.120. The number of thiazole rings is 1. The number of carbonyl (C=O) groups excluding carboxylic acids is 1. The molecular formula is C19H21N3O2S. The molecule has 0 unspecified atom stereocenters. The highest BCUT2D eigenvalue weighted by molar-refractivity contribution is 7.09. The molecule has 2 aromatic heterocycles. The summed E-state index contributed by atoms with van der Waals surface area (Å²) in [4.78, 5) is 21.1. The van der Waals surface area contributed by atoms with Crippen LogP contribution >= 0.6 is 11.3 Å². The second-order valence-electron chi connectivity index (χ2n) is 5.97. The van der Waals surface area contributed by atoms with Crippen molar-refractivity contribution in [3.8, 4) is 11.5 Å². The number of nitrogens with zero attached hydrogens (tertiary/aromatic N) is 2. The fourth-order valence-corrected chi connectivity index (χ4v) is 3.23. The van der Waals surface area contributed by atoms with E-state index in [2.05, 4.69) is 15.3 Å². The van der Waals surface area contributed by atoms with Gasteiger partial charge in [0.2, 0.25) is 11.8 Å². The van der Waals surface area contributed by atoms with Gasteiger partial charge in [-0.25, -0.2) is 9.97 Å². The van der Waals surface area contributed by atoms with Gasteiger partial charge in [0, 0.05) is 23.9 Å². The van der Waals surface area contributed by atoms with Crippen molar-refractivity contribution in [1.82, 2.24) is 15.3 Å². The molecule has 0 radical (unpaired) electrons. The average molecular weight is 355 g/mol. The van der Waals surface area contributed by atoms with E-state index in [-0.39, 0.29) is 12.3 Å². The standard InChI is InChI=1S/C19H21N3O2S/c1-12-6-4-5-7-16(12)19-22-17(13(2)24-19)10-18(23)20-9-8-15-11-25-14(3)21-15/h4-7,11H,8-10H2,1-3H3,(H,20,23). The molecule has 1 amide bonds. The van der Waals surface area contributed by atoms with E-state index in [4.69, 9.17) is 4.42 Å². The van der Waals surface area contributed by atoms with Crippen molar-refractivity contribution in [1.29, 1.82) is 0 Å². The highest BCUT2D eigenvalue weighted by atomic mass is 32.1. The molecule has 0 saturated carbocycles. The van der Waals surface area contributed by atoms with Gasteiger partial charge < -0.3 is 9.73 Å². The average Bonchev–Trinajstić information content (AvgIpc) is 3.14. The van der Waals surface area contributed by atoms with Crippen LogP contribution in [-0.2, 0) is 17.6 Å². The summed E-state index contributed by atoms with van der Waals surface area (Å²) in [6.07, 6.45) is 0.958. The lowest BCUT2D eigenvalue weighted by Crippen LogP contribution is -2.27. The first-order valence-corrected chi connectivity index (χ1v) is 9.11. The molecule has 3 rings (SSSR count). The fraction of sp³-hybridized carbons (Fsp3) is 0.316. The summed E-state index contributed by atoms with van der Waals surface area (Å²) in [5.41, 5.74) is 3.75. The van der Waals surface area contributed by atoms with E-state index in [0.717, 1.165) is 28.2 Å². The summed E-state index contributed by atoms with van der Waals surface area (Å²) in [6.45, 7) is 6.41. The van der Waals surface area contributed by atoms with Crippen LogP contribution in [0, 0.1) is 20.8 Å². The largest absolute Gasteiger partial charge is 0.441 e. The van der Waals surface area contributed by atoms with Gasteiger partial charge in [0.1, 0.15) is 5.76 Å².